The normalized spacial score (nSPS) is 27.5. The van der Waals surface area contributed by atoms with Gasteiger partial charge in [0.05, 0.1) is 50.8 Å². The molecule has 4 fully saturated rings. The Balaban J connectivity index is 0.000000289. The van der Waals surface area contributed by atoms with E-state index in [4.69, 9.17) is 18.9 Å². The molecule has 0 spiro atoms. The number of rotatable bonds is 12. The lowest BCUT2D eigenvalue weighted by molar-refractivity contribution is 0.395. The van der Waals surface area contributed by atoms with Crippen LogP contribution < -0.4 is 0 Å². The third-order valence-electron chi connectivity index (χ3n) is 7.10. The highest BCUT2D eigenvalue weighted by atomic mass is 16.6. The van der Waals surface area contributed by atoms with Crippen LogP contribution >= 0.6 is 0 Å². The summed E-state index contributed by atoms with van der Waals surface area (Å²) in [4.78, 5) is 0. The quantitative estimate of drug-likeness (QED) is 0.344. The number of unbranched alkanes of at least 4 members (excludes halogenated alkanes) is 4. The summed E-state index contributed by atoms with van der Waals surface area (Å²) in [5.41, 5.74) is 9.00. The second-order valence-electron chi connectivity index (χ2n) is 9.86. The van der Waals surface area contributed by atoms with Crippen LogP contribution in [0.4, 0.5) is 0 Å². The fourth-order valence-corrected chi connectivity index (χ4v) is 4.65. The maximum atomic E-state index is 5.58. The zero-order chi connectivity index (χ0) is 21.8. The second kappa shape index (κ2) is 10.8. The van der Waals surface area contributed by atoms with E-state index in [1.165, 1.54) is 65.5 Å². The smallest absolute Gasteiger partial charge is 0.0850 e. The largest absolute Gasteiger partial charge is 0.373 e. The van der Waals surface area contributed by atoms with E-state index in [2.05, 4.69) is 27.7 Å². The van der Waals surface area contributed by atoms with Crippen LogP contribution in [0.1, 0.15) is 79.3 Å². The predicted molar refractivity (Wildman–Crippen MR) is 124 cm³/mol. The van der Waals surface area contributed by atoms with E-state index in [1.807, 2.05) is 0 Å². The van der Waals surface area contributed by atoms with Crippen LogP contribution in [0.25, 0.3) is 0 Å². The van der Waals surface area contributed by atoms with Crippen molar-refractivity contribution in [3.8, 4) is 0 Å². The second-order valence-corrected chi connectivity index (χ2v) is 9.86. The Bertz CT molecular complexity index is 666. The van der Waals surface area contributed by atoms with E-state index in [1.54, 1.807) is 0 Å². The third kappa shape index (κ3) is 7.02. The molecule has 0 radical (unpaired) electrons. The molecular weight excluding hydrogens is 388 g/mol. The van der Waals surface area contributed by atoms with Gasteiger partial charge in [-0.1, -0.05) is 46.0 Å². The van der Waals surface area contributed by atoms with Crippen LogP contribution in [-0.2, 0) is 44.6 Å². The Morgan fingerprint density at radius 3 is 1.06 bits per heavy atom. The van der Waals surface area contributed by atoms with E-state index >= 15 is 0 Å². The van der Waals surface area contributed by atoms with Gasteiger partial charge in [-0.2, -0.15) is 0 Å². The highest BCUT2D eigenvalue weighted by Gasteiger charge is 2.35. The van der Waals surface area contributed by atoms with Gasteiger partial charge in [-0.25, -0.2) is 0 Å². The summed E-state index contributed by atoms with van der Waals surface area (Å²) < 4.78 is 22.2. The van der Waals surface area contributed by atoms with Gasteiger partial charge in [-0.15, -0.1) is 0 Å². The van der Waals surface area contributed by atoms with Gasteiger partial charge in [0.2, 0.25) is 0 Å². The van der Waals surface area contributed by atoms with Crippen LogP contribution in [0.3, 0.4) is 0 Å². The average molecular weight is 431 g/mol. The van der Waals surface area contributed by atoms with Gasteiger partial charge in [0.1, 0.15) is 0 Å². The molecule has 174 valence electrons. The Kier molecular flexibility index (Phi) is 8.08. The average Bonchev–Trinajstić information content (AvgIpc) is 3.59. The SMILES string of the molecule is CCCCCCC.Cc1c(C)c(CC2CO2)c(CC2CO2)c(CC2CO2)c1CC1CO1. The topological polar surface area (TPSA) is 50.1 Å². The number of benzene rings is 1. The standard InChI is InChI=1S/C20H26O4.C7H16/c1-11-12(2)18(4-14-8-22-14)20(6-16-10-24-16)19(5-15-9-23-15)17(11)3-13-7-21-13;1-3-5-7-6-4-2/h13-16H,3-10H2,1-2H3;3-7H2,1-2H3. The molecule has 0 aromatic heterocycles. The molecule has 0 amide bonds. The van der Waals surface area contributed by atoms with Crippen molar-refractivity contribution in [2.75, 3.05) is 26.4 Å². The van der Waals surface area contributed by atoms with E-state index in [0.29, 0.717) is 24.4 Å². The third-order valence-corrected chi connectivity index (χ3v) is 7.10. The Morgan fingerprint density at radius 1 is 0.516 bits per heavy atom. The molecule has 4 heterocycles. The van der Waals surface area contributed by atoms with E-state index in [-0.39, 0.29) is 0 Å². The van der Waals surface area contributed by atoms with E-state index < -0.39 is 0 Å². The van der Waals surface area contributed by atoms with Crippen molar-refractivity contribution in [2.45, 2.75) is 110 Å². The highest BCUT2D eigenvalue weighted by molar-refractivity contribution is 5.53. The van der Waals surface area contributed by atoms with Crippen LogP contribution in [0, 0.1) is 13.8 Å². The number of ether oxygens (including phenoxy) is 4. The lowest BCUT2D eigenvalue weighted by Crippen LogP contribution is -2.16. The number of hydrogen-bond acceptors (Lipinski definition) is 4. The Labute approximate surface area is 189 Å². The summed E-state index contributed by atoms with van der Waals surface area (Å²) >= 11 is 0. The minimum absolute atomic E-state index is 0.412. The molecule has 1 aromatic carbocycles. The van der Waals surface area contributed by atoms with Crippen molar-refractivity contribution in [1.82, 2.24) is 0 Å². The van der Waals surface area contributed by atoms with Crippen LogP contribution in [0.15, 0.2) is 0 Å². The summed E-state index contributed by atoms with van der Waals surface area (Å²) in [5.74, 6) is 0. The Hall–Kier alpha value is -0.940. The molecule has 4 heteroatoms. The molecule has 0 aliphatic carbocycles. The van der Waals surface area contributed by atoms with Gasteiger partial charge in [-0.3, -0.25) is 0 Å². The molecule has 4 nitrogen and oxygen atoms in total. The van der Waals surface area contributed by atoms with Gasteiger partial charge in [0, 0.05) is 25.7 Å². The summed E-state index contributed by atoms with van der Waals surface area (Å²) in [7, 11) is 0. The van der Waals surface area contributed by atoms with Gasteiger partial charge >= 0.3 is 0 Å². The molecule has 5 rings (SSSR count). The molecule has 1 aromatic rings. The summed E-state index contributed by atoms with van der Waals surface area (Å²) in [6.07, 6.45) is 12.9. The molecule has 4 saturated heterocycles. The van der Waals surface area contributed by atoms with Crippen LogP contribution in [0.5, 0.6) is 0 Å². The molecular formula is C27H42O4. The molecule has 0 bridgehead atoms. The van der Waals surface area contributed by atoms with Crippen molar-refractivity contribution in [1.29, 1.82) is 0 Å². The van der Waals surface area contributed by atoms with Crippen molar-refractivity contribution in [3.63, 3.8) is 0 Å². The first-order chi connectivity index (χ1) is 15.1. The Morgan fingerprint density at radius 2 is 0.806 bits per heavy atom. The zero-order valence-corrected chi connectivity index (χ0v) is 20.1. The molecule has 4 atom stereocenters. The number of hydrogen-bond donors (Lipinski definition) is 0. The minimum Gasteiger partial charge on any atom is -0.373 e. The lowest BCUT2D eigenvalue weighted by atomic mass is 9.81. The van der Waals surface area contributed by atoms with Gasteiger partial charge < -0.3 is 18.9 Å². The first-order valence-electron chi connectivity index (χ1n) is 12.7. The summed E-state index contributed by atoms with van der Waals surface area (Å²) in [5, 5.41) is 0. The van der Waals surface area contributed by atoms with Gasteiger partial charge in [-0.05, 0) is 47.2 Å². The van der Waals surface area contributed by atoms with Crippen LogP contribution in [0.2, 0.25) is 0 Å². The van der Waals surface area contributed by atoms with Crippen molar-refractivity contribution >= 4 is 0 Å². The van der Waals surface area contributed by atoms with Crippen LogP contribution in [-0.4, -0.2) is 50.8 Å². The summed E-state index contributed by atoms with van der Waals surface area (Å²) in [6, 6.07) is 0. The van der Waals surface area contributed by atoms with E-state index in [0.717, 1.165) is 52.1 Å². The monoisotopic (exact) mass is 430 g/mol. The van der Waals surface area contributed by atoms with Crippen molar-refractivity contribution < 1.29 is 18.9 Å². The molecule has 4 unspecified atom stereocenters. The van der Waals surface area contributed by atoms with Gasteiger partial charge in [0.25, 0.3) is 0 Å². The number of epoxide rings is 4. The molecule has 31 heavy (non-hydrogen) atoms. The molecule has 4 aliphatic rings. The maximum absolute atomic E-state index is 5.58. The first-order valence-corrected chi connectivity index (χ1v) is 12.7. The van der Waals surface area contributed by atoms with Crippen molar-refractivity contribution in [2.24, 2.45) is 0 Å². The highest BCUT2D eigenvalue weighted by Crippen LogP contribution is 2.37. The first kappa shape index (κ1) is 23.2. The minimum atomic E-state index is 0.412. The summed E-state index contributed by atoms with van der Waals surface area (Å²) in [6.45, 7) is 12.7. The predicted octanol–water partition coefficient (Wildman–Crippen LogP) is 5.05. The van der Waals surface area contributed by atoms with Crippen molar-refractivity contribution in [3.05, 3.63) is 33.4 Å². The fraction of sp³-hybridized carbons (Fsp3) is 0.778. The fourth-order valence-electron chi connectivity index (χ4n) is 4.65. The lowest BCUT2D eigenvalue weighted by Gasteiger charge is -2.24. The molecule has 0 saturated carbocycles. The zero-order valence-electron chi connectivity index (χ0n) is 20.1. The molecule has 0 N–H and O–H groups in total. The van der Waals surface area contributed by atoms with Gasteiger partial charge in [0.15, 0.2) is 0 Å². The molecule has 4 aliphatic heterocycles. The maximum Gasteiger partial charge on any atom is 0.0850 e. The van der Waals surface area contributed by atoms with E-state index in [9.17, 15) is 0 Å².